The van der Waals surface area contributed by atoms with Crippen molar-refractivity contribution in [3.8, 4) is 5.75 Å². The van der Waals surface area contributed by atoms with E-state index in [1.165, 1.54) is 0 Å². The van der Waals surface area contributed by atoms with Crippen LogP contribution in [0, 0.1) is 0 Å². The van der Waals surface area contributed by atoms with Crippen LogP contribution in [-0.4, -0.2) is 35.2 Å². The van der Waals surface area contributed by atoms with Crippen molar-refractivity contribution in [3.05, 3.63) is 93.5 Å². The second-order valence-electron chi connectivity index (χ2n) is 14.7. The Balaban J connectivity index is 1.36. The van der Waals surface area contributed by atoms with Crippen LogP contribution in [-0.2, 0) is 42.6 Å². The minimum Gasteiger partial charge on any atom is -0.507 e. The molecule has 4 rings (SSSR count). The first-order valence-electron chi connectivity index (χ1n) is 16.1. The fourth-order valence-corrected chi connectivity index (χ4v) is 6.10. The van der Waals surface area contributed by atoms with Crippen LogP contribution in [0.15, 0.2) is 54.6 Å². The van der Waals surface area contributed by atoms with Gasteiger partial charge in [-0.3, -0.25) is 4.90 Å². The Bertz CT molecular complexity index is 1560. The molecule has 0 aliphatic carbocycles. The van der Waals surface area contributed by atoms with Crippen molar-refractivity contribution in [3.63, 3.8) is 0 Å². The van der Waals surface area contributed by atoms with Gasteiger partial charge in [0, 0.05) is 31.4 Å². The standard InChI is InChI=1S/C37H45F6N3O2/c1-34(2,3)29-19-23(20-30(32(29)47)35(4,5)6)11-12-24-9-7-8-10-31(24)45-33(48)44-27-15-17-46(18-16-27)22-25-13-14-26(36(38,39)40)21-28(25)37(41,42)43/h7-10,13-14,19-21,27,47H,11-12,15-18,22H2,1-6H3,(H2,44,45,48). The topological polar surface area (TPSA) is 64.6 Å². The fourth-order valence-electron chi connectivity index (χ4n) is 6.10. The molecule has 3 aromatic carbocycles. The Hall–Kier alpha value is -3.73. The smallest absolute Gasteiger partial charge is 0.416 e. The maximum Gasteiger partial charge on any atom is 0.416 e. The Morgan fingerprint density at radius 2 is 1.35 bits per heavy atom. The lowest BCUT2D eigenvalue weighted by Crippen LogP contribution is -2.45. The first kappa shape index (κ1) is 37.1. The van der Waals surface area contributed by atoms with E-state index in [0.29, 0.717) is 56.3 Å². The second kappa shape index (κ2) is 14.0. The van der Waals surface area contributed by atoms with Crippen LogP contribution in [0.2, 0.25) is 0 Å². The Labute approximate surface area is 278 Å². The number of rotatable bonds is 7. The average Bonchev–Trinajstić information content (AvgIpc) is 2.96. The SMILES string of the molecule is CC(C)(C)c1cc(CCc2ccccc2NC(=O)NC2CCN(Cc3ccc(C(F)(F)F)cc3C(F)(F)F)CC2)cc(C(C)(C)C)c1O. The molecule has 0 radical (unpaired) electrons. The van der Waals surface area contributed by atoms with Crippen LogP contribution in [0.3, 0.4) is 0 Å². The molecule has 1 aliphatic heterocycles. The number of phenolic OH excluding ortho intramolecular Hbond substituents is 1. The molecule has 11 heteroatoms. The molecule has 1 fully saturated rings. The highest BCUT2D eigenvalue weighted by molar-refractivity contribution is 5.90. The number of hydrogen-bond acceptors (Lipinski definition) is 3. The number of alkyl halides is 6. The molecule has 0 saturated carbocycles. The van der Waals surface area contributed by atoms with E-state index in [9.17, 15) is 36.2 Å². The van der Waals surface area contributed by atoms with Crippen LogP contribution in [0.1, 0.15) is 93.3 Å². The molecule has 0 aromatic heterocycles. The molecule has 48 heavy (non-hydrogen) atoms. The lowest BCUT2D eigenvalue weighted by atomic mass is 9.78. The van der Waals surface area contributed by atoms with Crippen molar-refractivity contribution >= 4 is 11.7 Å². The number of anilines is 1. The number of nitrogens with one attached hydrogen (secondary N) is 2. The number of benzene rings is 3. The van der Waals surface area contributed by atoms with E-state index in [1.807, 2.05) is 24.3 Å². The molecule has 1 saturated heterocycles. The van der Waals surface area contributed by atoms with Crippen LogP contribution < -0.4 is 10.6 Å². The van der Waals surface area contributed by atoms with Crippen molar-refractivity contribution in [2.75, 3.05) is 18.4 Å². The van der Waals surface area contributed by atoms with Gasteiger partial charge in [0.1, 0.15) is 5.75 Å². The molecule has 5 nitrogen and oxygen atoms in total. The lowest BCUT2D eigenvalue weighted by Gasteiger charge is -2.33. The molecule has 0 bridgehead atoms. The van der Waals surface area contributed by atoms with E-state index >= 15 is 0 Å². The largest absolute Gasteiger partial charge is 0.507 e. The number of halogens is 6. The first-order chi connectivity index (χ1) is 22.1. The molecular formula is C37H45F6N3O2. The van der Waals surface area contributed by atoms with Crippen molar-refractivity contribution in [1.29, 1.82) is 0 Å². The summed E-state index contributed by atoms with van der Waals surface area (Å²) < 4.78 is 79.9. The molecular weight excluding hydrogens is 632 g/mol. The number of hydrogen-bond donors (Lipinski definition) is 3. The predicted molar refractivity (Wildman–Crippen MR) is 176 cm³/mol. The van der Waals surface area contributed by atoms with Crippen LogP contribution in [0.4, 0.5) is 36.8 Å². The minimum absolute atomic E-state index is 0.144. The quantitative estimate of drug-likeness (QED) is 0.218. The monoisotopic (exact) mass is 677 g/mol. The summed E-state index contributed by atoms with van der Waals surface area (Å²) >= 11 is 0. The summed E-state index contributed by atoms with van der Waals surface area (Å²) in [5, 5.41) is 17.0. The Morgan fingerprint density at radius 3 is 1.90 bits per heavy atom. The summed E-state index contributed by atoms with van der Waals surface area (Å²) in [6.07, 6.45) is -7.49. The maximum absolute atomic E-state index is 13.6. The minimum atomic E-state index is -4.92. The average molecular weight is 678 g/mol. The van der Waals surface area contributed by atoms with Gasteiger partial charge in [0.2, 0.25) is 0 Å². The molecule has 3 N–H and O–H groups in total. The summed E-state index contributed by atoms with van der Waals surface area (Å²) in [6, 6.07) is 12.8. The number of likely N-dealkylation sites (tertiary alicyclic amines) is 1. The van der Waals surface area contributed by atoms with Crippen molar-refractivity contribution in [2.45, 2.75) is 103 Å². The van der Waals surface area contributed by atoms with Gasteiger partial charge in [-0.05, 0) is 82.5 Å². The number of carbonyl (C=O) groups is 1. The molecule has 0 unspecified atom stereocenters. The van der Waals surface area contributed by atoms with E-state index in [2.05, 4.69) is 64.3 Å². The lowest BCUT2D eigenvalue weighted by molar-refractivity contribution is -0.143. The van der Waals surface area contributed by atoms with Gasteiger partial charge in [-0.25, -0.2) is 4.79 Å². The zero-order valence-electron chi connectivity index (χ0n) is 28.3. The third-order valence-corrected chi connectivity index (χ3v) is 8.79. The summed E-state index contributed by atoms with van der Waals surface area (Å²) in [7, 11) is 0. The molecule has 3 aromatic rings. The molecule has 0 spiro atoms. The number of piperidine rings is 1. The van der Waals surface area contributed by atoms with Gasteiger partial charge in [-0.1, -0.05) is 77.9 Å². The zero-order valence-corrected chi connectivity index (χ0v) is 28.3. The second-order valence-corrected chi connectivity index (χ2v) is 14.7. The van der Waals surface area contributed by atoms with Crippen molar-refractivity contribution in [2.24, 2.45) is 0 Å². The number of para-hydroxylation sites is 1. The third-order valence-electron chi connectivity index (χ3n) is 8.79. The first-order valence-corrected chi connectivity index (χ1v) is 16.1. The Morgan fingerprint density at radius 1 is 0.771 bits per heavy atom. The number of aryl methyl sites for hydroxylation is 2. The molecule has 2 amide bonds. The number of urea groups is 1. The predicted octanol–water partition coefficient (Wildman–Crippen LogP) is 9.60. The van der Waals surface area contributed by atoms with Gasteiger partial charge in [-0.2, -0.15) is 26.3 Å². The number of carbonyl (C=O) groups excluding carboxylic acids is 1. The highest BCUT2D eigenvalue weighted by Crippen LogP contribution is 2.41. The summed E-state index contributed by atoms with van der Waals surface area (Å²) in [5.74, 6) is 0.328. The molecule has 1 aliphatic rings. The van der Waals surface area contributed by atoms with Gasteiger partial charge in [-0.15, -0.1) is 0 Å². The molecule has 0 atom stereocenters. The summed E-state index contributed by atoms with van der Waals surface area (Å²) in [4.78, 5) is 14.8. The van der Waals surface area contributed by atoms with Gasteiger partial charge < -0.3 is 15.7 Å². The fraction of sp³-hybridized carbons (Fsp3) is 0.486. The van der Waals surface area contributed by atoms with E-state index in [4.69, 9.17) is 0 Å². The van der Waals surface area contributed by atoms with Gasteiger partial charge >= 0.3 is 18.4 Å². The van der Waals surface area contributed by atoms with E-state index in [-0.39, 0.29) is 35.0 Å². The van der Waals surface area contributed by atoms with Crippen LogP contribution >= 0.6 is 0 Å². The number of amides is 2. The highest BCUT2D eigenvalue weighted by Gasteiger charge is 2.38. The molecule has 1 heterocycles. The van der Waals surface area contributed by atoms with Gasteiger partial charge in [0.15, 0.2) is 0 Å². The van der Waals surface area contributed by atoms with E-state index in [0.717, 1.165) is 28.3 Å². The molecule has 262 valence electrons. The normalized spacial score (nSPS) is 15.4. The number of aromatic hydroxyl groups is 1. The number of nitrogens with zero attached hydrogens (tertiary/aromatic N) is 1. The van der Waals surface area contributed by atoms with Gasteiger partial charge in [0.05, 0.1) is 11.1 Å². The van der Waals surface area contributed by atoms with Crippen LogP contribution in [0.25, 0.3) is 0 Å². The third kappa shape index (κ3) is 9.45. The highest BCUT2D eigenvalue weighted by atomic mass is 19.4. The van der Waals surface area contributed by atoms with Crippen molar-refractivity contribution in [1.82, 2.24) is 10.2 Å². The number of phenols is 1. The maximum atomic E-state index is 13.6. The summed E-state index contributed by atoms with van der Waals surface area (Å²) in [5.41, 5.74) is 1.15. The van der Waals surface area contributed by atoms with E-state index in [1.54, 1.807) is 4.90 Å². The van der Waals surface area contributed by atoms with Gasteiger partial charge in [0.25, 0.3) is 0 Å². The zero-order chi connectivity index (χ0) is 35.7. The summed E-state index contributed by atoms with van der Waals surface area (Å²) in [6.45, 7) is 13.0. The van der Waals surface area contributed by atoms with Crippen LogP contribution in [0.5, 0.6) is 5.75 Å². The van der Waals surface area contributed by atoms with Crippen molar-refractivity contribution < 1.29 is 36.2 Å². The van der Waals surface area contributed by atoms with E-state index < -0.39 is 29.5 Å². The Kier molecular flexibility index (Phi) is 10.8.